The lowest BCUT2D eigenvalue weighted by atomic mass is 9.95. The largest absolute Gasteiger partial charge is 0.468 e. The van der Waals surface area contributed by atoms with Gasteiger partial charge in [-0.05, 0) is 34.0 Å². The normalized spacial score (nSPS) is 11.9. The molecule has 0 saturated carbocycles. The van der Waals surface area contributed by atoms with E-state index < -0.39 is 17.5 Å². The van der Waals surface area contributed by atoms with E-state index in [-0.39, 0.29) is 40.9 Å². The van der Waals surface area contributed by atoms with E-state index in [0.29, 0.717) is 5.56 Å². The molecule has 1 aromatic carbocycles. The maximum atomic E-state index is 13.4. The first-order chi connectivity index (χ1) is 12.4. The quantitative estimate of drug-likeness (QED) is 0.629. The van der Waals surface area contributed by atoms with Gasteiger partial charge in [0.1, 0.15) is 16.4 Å². The van der Waals surface area contributed by atoms with Gasteiger partial charge < -0.3 is 15.2 Å². The highest BCUT2D eigenvalue weighted by molar-refractivity contribution is 9.10. The molecule has 0 fully saturated rings. The molecule has 26 heavy (non-hydrogen) atoms. The van der Waals surface area contributed by atoms with Crippen LogP contribution < -0.4 is 15.6 Å². The van der Waals surface area contributed by atoms with Gasteiger partial charge in [-0.1, -0.05) is 19.9 Å². The van der Waals surface area contributed by atoms with Gasteiger partial charge in [0.25, 0.3) is 5.56 Å². The number of nitriles is 1. The standard InChI is InChI=1S/C17H18BrFN4O3/c1-9(2)14(12-4-3-11(19)7-10(12)8-20)26-16-13(18)15(25)22-17(23-16)21-5-6-24/h3-4,7,9,14,24H,5-6H2,1-2H3,(H2,21,22,23,25). The van der Waals surface area contributed by atoms with Crippen molar-refractivity contribution in [3.05, 3.63) is 50.0 Å². The van der Waals surface area contributed by atoms with Crippen LogP contribution in [0.2, 0.25) is 0 Å². The minimum absolute atomic E-state index is 0.0288. The first-order valence-corrected chi connectivity index (χ1v) is 8.67. The molecule has 0 amide bonds. The minimum Gasteiger partial charge on any atom is -0.468 e. The molecule has 138 valence electrons. The van der Waals surface area contributed by atoms with Gasteiger partial charge in [-0.2, -0.15) is 10.2 Å². The first-order valence-electron chi connectivity index (χ1n) is 7.88. The number of aromatic nitrogens is 2. The van der Waals surface area contributed by atoms with Crippen molar-refractivity contribution >= 4 is 21.9 Å². The van der Waals surface area contributed by atoms with Gasteiger partial charge in [-0.15, -0.1) is 0 Å². The second-order valence-electron chi connectivity index (χ2n) is 5.81. The van der Waals surface area contributed by atoms with Gasteiger partial charge in [-0.3, -0.25) is 9.78 Å². The number of aromatic amines is 1. The molecule has 9 heteroatoms. The van der Waals surface area contributed by atoms with Crippen molar-refractivity contribution < 1.29 is 14.2 Å². The van der Waals surface area contributed by atoms with Gasteiger partial charge in [0, 0.05) is 12.1 Å². The third-order valence-corrected chi connectivity index (χ3v) is 4.22. The molecule has 1 unspecified atom stereocenters. The Morgan fingerprint density at radius 1 is 1.50 bits per heavy atom. The van der Waals surface area contributed by atoms with Crippen LogP contribution >= 0.6 is 15.9 Å². The molecule has 0 bridgehead atoms. The van der Waals surface area contributed by atoms with E-state index in [1.54, 1.807) is 0 Å². The predicted molar refractivity (Wildman–Crippen MR) is 97.5 cm³/mol. The van der Waals surface area contributed by atoms with E-state index in [9.17, 15) is 14.4 Å². The van der Waals surface area contributed by atoms with E-state index in [2.05, 4.69) is 31.2 Å². The summed E-state index contributed by atoms with van der Waals surface area (Å²) in [7, 11) is 0. The molecular formula is C17H18BrFN4O3. The Morgan fingerprint density at radius 3 is 2.85 bits per heavy atom. The Kier molecular flexibility index (Phi) is 6.71. The maximum absolute atomic E-state index is 13.4. The number of halogens is 2. The molecule has 7 nitrogen and oxygen atoms in total. The number of nitrogens with one attached hydrogen (secondary N) is 2. The highest BCUT2D eigenvalue weighted by Gasteiger charge is 2.24. The molecule has 1 atom stereocenters. The van der Waals surface area contributed by atoms with Crippen molar-refractivity contribution in [2.45, 2.75) is 20.0 Å². The summed E-state index contributed by atoms with van der Waals surface area (Å²) in [6, 6.07) is 5.85. The predicted octanol–water partition coefficient (Wildman–Crippen LogP) is 2.72. The van der Waals surface area contributed by atoms with Crippen LogP contribution in [0.5, 0.6) is 5.88 Å². The van der Waals surface area contributed by atoms with Crippen molar-refractivity contribution in [3.63, 3.8) is 0 Å². The number of aliphatic hydroxyl groups excluding tert-OH is 1. The van der Waals surface area contributed by atoms with Gasteiger partial charge >= 0.3 is 0 Å². The van der Waals surface area contributed by atoms with Crippen LogP contribution in [0.15, 0.2) is 27.5 Å². The molecule has 0 radical (unpaired) electrons. The van der Waals surface area contributed by atoms with Crippen LogP contribution in [0.25, 0.3) is 0 Å². The Balaban J connectivity index is 2.44. The third-order valence-electron chi connectivity index (χ3n) is 3.52. The number of hydrogen-bond donors (Lipinski definition) is 3. The Bertz CT molecular complexity index is 879. The zero-order chi connectivity index (χ0) is 19.3. The lowest BCUT2D eigenvalue weighted by Crippen LogP contribution is -2.21. The molecule has 3 N–H and O–H groups in total. The SMILES string of the molecule is CC(C)C(Oc1nc(NCCO)[nH]c(=O)c1Br)c1ccc(F)cc1C#N. The summed E-state index contributed by atoms with van der Waals surface area (Å²) in [6.45, 7) is 3.82. The van der Waals surface area contributed by atoms with Crippen molar-refractivity contribution in [2.75, 3.05) is 18.5 Å². The molecule has 0 saturated heterocycles. The number of rotatable bonds is 7. The fraction of sp³-hybridized carbons (Fsp3) is 0.353. The summed E-state index contributed by atoms with van der Waals surface area (Å²) >= 11 is 3.15. The monoisotopic (exact) mass is 424 g/mol. The summed E-state index contributed by atoms with van der Waals surface area (Å²) in [5.41, 5.74) is 0.198. The minimum atomic E-state index is -0.624. The van der Waals surface area contributed by atoms with Crippen molar-refractivity contribution in [2.24, 2.45) is 5.92 Å². The average Bonchev–Trinajstić information content (AvgIpc) is 2.61. The van der Waals surface area contributed by atoms with Crippen LogP contribution in [0.1, 0.15) is 31.1 Å². The first kappa shape index (κ1) is 19.9. The number of nitrogens with zero attached hydrogens (tertiary/aromatic N) is 2. The molecule has 0 spiro atoms. The van der Waals surface area contributed by atoms with Crippen LogP contribution in [-0.2, 0) is 0 Å². The second kappa shape index (κ2) is 8.78. The Morgan fingerprint density at radius 2 is 2.23 bits per heavy atom. The van der Waals surface area contributed by atoms with E-state index in [4.69, 9.17) is 9.84 Å². The third kappa shape index (κ3) is 4.59. The number of hydrogen-bond acceptors (Lipinski definition) is 6. The topological polar surface area (TPSA) is 111 Å². The second-order valence-corrected chi connectivity index (χ2v) is 6.60. The zero-order valence-corrected chi connectivity index (χ0v) is 15.8. The summed E-state index contributed by atoms with van der Waals surface area (Å²) in [4.78, 5) is 18.7. The number of benzene rings is 1. The van der Waals surface area contributed by atoms with Crippen LogP contribution in [-0.4, -0.2) is 28.2 Å². The van der Waals surface area contributed by atoms with Crippen molar-refractivity contribution in [3.8, 4) is 11.9 Å². The Hall–Kier alpha value is -2.44. The highest BCUT2D eigenvalue weighted by atomic mass is 79.9. The molecule has 0 aliphatic carbocycles. The molecule has 1 aromatic heterocycles. The van der Waals surface area contributed by atoms with Crippen LogP contribution in [0.3, 0.4) is 0 Å². The number of aliphatic hydroxyl groups is 1. The number of ether oxygens (including phenoxy) is 1. The maximum Gasteiger partial charge on any atom is 0.270 e. The lowest BCUT2D eigenvalue weighted by molar-refractivity contribution is 0.145. The van der Waals surface area contributed by atoms with Gasteiger partial charge in [0.05, 0.1) is 18.2 Å². The van der Waals surface area contributed by atoms with Crippen LogP contribution in [0, 0.1) is 23.1 Å². The summed E-state index contributed by atoms with van der Waals surface area (Å²) in [5, 5.41) is 20.9. The smallest absolute Gasteiger partial charge is 0.270 e. The van der Waals surface area contributed by atoms with E-state index in [0.717, 1.165) is 6.07 Å². The lowest BCUT2D eigenvalue weighted by Gasteiger charge is -2.24. The van der Waals surface area contributed by atoms with E-state index >= 15 is 0 Å². The van der Waals surface area contributed by atoms with Gasteiger partial charge in [0.15, 0.2) is 0 Å². The average molecular weight is 425 g/mol. The van der Waals surface area contributed by atoms with E-state index in [1.165, 1.54) is 12.1 Å². The zero-order valence-electron chi connectivity index (χ0n) is 14.2. The molecule has 1 heterocycles. The highest BCUT2D eigenvalue weighted by Crippen LogP contribution is 2.32. The number of H-pyrrole nitrogens is 1. The fourth-order valence-corrected chi connectivity index (χ4v) is 2.61. The van der Waals surface area contributed by atoms with Crippen molar-refractivity contribution in [1.82, 2.24) is 9.97 Å². The molecule has 0 aliphatic rings. The van der Waals surface area contributed by atoms with Gasteiger partial charge in [-0.25, -0.2) is 4.39 Å². The molecule has 2 aromatic rings. The van der Waals surface area contributed by atoms with Crippen molar-refractivity contribution in [1.29, 1.82) is 5.26 Å². The Labute approximate surface area is 158 Å². The molecular weight excluding hydrogens is 407 g/mol. The fourth-order valence-electron chi connectivity index (χ4n) is 2.33. The molecule has 2 rings (SSSR count). The van der Waals surface area contributed by atoms with Crippen LogP contribution in [0.4, 0.5) is 10.3 Å². The van der Waals surface area contributed by atoms with Gasteiger partial charge in [0.2, 0.25) is 11.8 Å². The summed E-state index contributed by atoms with van der Waals surface area (Å²) in [6.07, 6.45) is -0.624. The summed E-state index contributed by atoms with van der Waals surface area (Å²) in [5.74, 6) is -0.432. The summed E-state index contributed by atoms with van der Waals surface area (Å²) < 4.78 is 19.4. The van der Waals surface area contributed by atoms with E-state index in [1.807, 2.05) is 19.9 Å². The number of anilines is 1. The molecule has 0 aliphatic heterocycles.